The summed E-state index contributed by atoms with van der Waals surface area (Å²) in [6, 6.07) is 50.8. The fraction of sp³-hybridized carbons (Fsp3) is 0.0200. The van der Waals surface area contributed by atoms with E-state index in [1.54, 1.807) is 6.20 Å². The van der Waals surface area contributed by atoms with Gasteiger partial charge in [0, 0.05) is 50.7 Å². The first-order chi connectivity index (χ1) is 28.6. The zero-order valence-corrected chi connectivity index (χ0v) is 30.8. The van der Waals surface area contributed by atoms with Gasteiger partial charge in [0.05, 0.1) is 0 Å². The smallest absolute Gasteiger partial charge is 0.170 e. The summed E-state index contributed by atoms with van der Waals surface area (Å²) in [5, 5.41) is 8.77. The first kappa shape index (κ1) is 31.3. The molecule has 1 unspecified atom stereocenters. The Kier molecular flexibility index (Phi) is 6.22. The van der Waals surface area contributed by atoms with Gasteiger partial charge in [0.15, 0.2) is 35.3 Å². The summed E-state index contributed by atoms with van der Waals surface area (Å²) in [6.07, 6.45) is 1.19. The van der Waals surface area contributed by atoms with Crippen molar-refractivity contribution in [1.82, 2.24) is 4.90 Å². The fourth-order valence-electron chi connectivity index (χ4n) is 8.91. The summed E-state index contributed by atoms with van der Waals surface area (Å²) in [7, 11) is 0. The van der Waals surface area contributed by atoms with Crippen LogP contribution in [0.5, 0.6) is 0 Å². The molecule has 0 N–H and O–H groups in total. The van der Waals surface area contributed by atoms with Crippen molar-refractivity contribution in [3.05, 3.63) is 203 Å². The molecule has 0 aliphatic carbocycles. The van der Waals surface area contributed by atoms with E-state index in [2.05, 4.69) is 152 Å². The Bertz CT molecular complexity index is 3490. The minimum Gasteiger partial charge on any atom is -0.285 e. The number of amidine groups is 7. The predicted octanol–water partition coefficient (Wildman–Crippen LogP) is 10.1. The summed E-state index contributed by atoms with van der Waals surface area (Å²) in [5.74, 6) is 4.14. The van der Waals surface area contributed by atoms with Gasteiger partial charge in [-0.25, -0.2) is 34.9 Å². The highest BCUT2D eigenvalue weighted by Crippen LogP contribution is 2.39. The molecule has 0 amide bonds. The van der Waals surface area contributed by atoms with E-state index in [-0.39, 0.29) is 0 Å². The number of nitrogens with zero attached hydrogens (tertiary/aromatic N) is 8. The minimum atomic E-state index is -0.592. The van der Waals surface area contributed by atoms with E-state index in [9.17, 15) is 0 Å². The maximum Gasteiger partial charge on any atom is 0.170 e. The third kappa shape index (κ3) is 4.48. The molecule has 0 radical (unpaired) electrons. The lowest BCUT2D eigenvalue weighted by Crippen LogP contribution is -2.32. The number of benzene rings is 8. The van der Waals surface area contributed by atoms with Gasteiger partial charge in [-0.05, 0) is 91.6 Å². The van der Waals surface area contributed by atoms with Crippen molar-refractivity contribution < 1.29 is 0 Å². The van der Waals surface area contributed by atoms with Crippen molar-refractivity contribution in [3.8, 4) is 0 Å². The number of fused-ring (bicyclic) bond motifs is 20. The van der Waals surface area contributed by atoms with Crippen molar-refractivity contribution in [1.29, 1.82) is 0 Å². The molecule has 0 saturated carbocycles. The van der Waals surface area contributed by atoms with Crippen LogP contribution in [0, 0.1) is 0 Å². The van der Waals surface area contributed by atoms with Gasteiger partial charge in [-0.3, -0.25) is 4.90 Å². The highest BCUT2D eigenvalue weighted by Gasteiger charge is 2.36. The minimum absolute atomic E-state index is 0.548. The normalized spacial score (nSPS) is 17.2. The Balaban J connectivity index is 1.13. The number of hydrogen-bond acceptors (Lipinski definition) is 8. The van der Waals surface area contributed by atoms with Crippen molar-refractivity contribution in [2.24, 2.45) is 34.9 Å². The third-order valence-electron chi connectivity index (χ3n) is 11.7. The van der Waals surface area contributed by atoms with Gasteiger partial charge in [-0.1, -0.05) is 104 Å². The molecule has 5 aliphatic heterocycles. The molecular weight excluding hydrogens is 713 g/mol. The molecule has 268 valence electrons. The van der Waals surface area contributed by atoms with Gasteiger partial charge in [-0.15, -0.1) is 0 Å². The van der Waals surface area contributed by atoms with Crippen molar-refractivity contribution in [3.63, 3.8) is 0 Å². The maximum atomic E-state index is 5.35. The van der Waals surface area contributed by atoms with Gasteiger partial charge in [0.1, 0.15) is 11.7 Å². The number of rotatable bonds is 1. The molecule has 5 aliphatic rings. The molecule has 8 aromatic rings. The summed E-state index contributed by atoms with van der Waals surface area (Å²) in [4.78, 5) is 39.1. The van der Waals surface area contributed by atoms with E-state index in [0.717, 1.165) is 87.6 Å². The van der Waals surface area contributed by atoms with Crippen molar-refractivity contribution in [2.75, 3.05) is 0 Å². The van der Waals surface area contributed by atoms with Gasteiger partial charge < -0.3 is 0 Å². The largest absolute Gasteiger partial charge is 0.285 e. The highest BCUT2D eigenvalue weighted by atomic mass is 15.3. The van der Waals surface area contributed by atoms with Crippen LogP contribution in [-0.2, 0) is 0 Å². The molecule has 0 aromatic heterocycles. The summed E-state index contributed by atoms with van der Waals surface area (Å²) >= 11 is 0. The summed E-state index contributed by atoms with van der Waals surface area (Å²) < 4.78 is 0. The third-order valence-corrected chi connectivity index (χ3v) is 11.7. The van der Waals surface area contributed by atoms with Crippen LogP contribution in [0.1, 0.15) is 50.7 Å². The molecular formula is C50H28N8. The first-order valence-electron chi connectivity index (χ1n) is 19.3. The number of hydrogen-bond donors (Lipinski definition) is 0. The lowest BCUT2D eigenvalue weighted by molar-refractivity contribution is 0.797. The van der Waals surface area contributed by atoms with E-state index >= 15 is 0 Å². The van der Waals surface area contributed by atoms with Gasteiger partial charge in [0.25, 0.3) is 0 Å². The van der Waals surface area contributed by atoms with E-state index in [1.807, 2.05) is 4.90 Å². The molecule has 8 nitrogen and oxygen atoms in total. The Morgan fingerprint density at radius 1 is 0.362 bits per heavy atom. The predicted molar refractivity (Wildman–Crippen MR) is 236 cm³/mol. The second kappa shape index (κ2) is 11.5. The Labute approximate surface area is 331 Å². The fourth-order valence-corrected chi connectivity index (χ4v) is 8.91. The Morgan fingerprint density at radius 3 is 1.10 bits per heavy atom. The van der Waals surface area contributed by atoms with Gasteiger partial charge in [0.2, 0.25) is 0 Å². The average Bonchev–Trinajstić information content (AvgIpc) is 3.99. The summed E-state index contributed by atoms with van der Waals surface area (Å²) in [6.45, 7) is 4.33. The topological polar surface area (TPSA) is 89.8 Å². The van der Waals surface area contributed by atoms with Crippen LogP contribution in [-0.4, -0.2) is 45.7 Å². The van der Waals surface area contributed by atoms with E-state index in [4.69, 9.17) is 34.9 Å². The van der Waals surface area contributed by atoms with Crippen LogP contribution in [0.25, 0.3) is 43.1 Å². The molecule has 0 fully saturated rings. The van der Waals surface area contributed by atoms with Crippen LogP contribution in [0.15, 0.2) is 193 Å². The maximum absolute atomic E-state index is 5.35. The van der Waals surface area contributed by atoms with E-state index in [0.29, 0.717) is 40.8 Å². The first-order valence-corrected chi connectivity index (χ1v) is 19.3. The molecule has 13 rings (SSSR count). The molecule has 58 heavy (non-hydrogen) atoms. The van der Waals surface area contributed by atoms with E-state index < -0.39 is 6.17 Å². The summed E-state index contributed by atoms with van der Waals surface area (Å²) in [5.41, 5.74) is 7.33. The van der Waals surface area contributed by atoms with Gasteiger partial charge >= 0.3 is 0 Å². The van der Waals surface area contributed by atoms with Crippen LogP contribution in [0.3, 0.4) is 0 Å². The standard InChI is InChI=1S/C50H28N8/c1-2-58-49-41-25-33-17-9-7-15-31(33)23-39(41)47(56-49)54-45-37-21-29-13-5-3-11-27(29)19-35(37)43(52-45)51-44-36-20-28-12-4-6-14-30(28)22-38(36)46(53-44)55-48-40-24-32-16-8-10-18-34(32)26-42(40)50(58)57-48/h2-26,43H,1H2. The number of aliphatic imine (C=N–C) groups is 7. The van der Waals surface area contributed by atoms with Crippen LogP contribution < -0.4 is 0 Å². The lowest BCUT2D eigenvalue weighted by atomic mass is 9.99. The Hall–Kier alpha value is -7.97. The van der Waals surface area contributed by atoms with Crippen LogP contribution in [0.2, 0.25) is 0 Å². The molecule has 8 heteroatoms. The van der Waals surface area contributed by atoms with Crippen LogP contribution >= 0.6 is 0 Å². The molecule has 0 saturated heterocycles. The van der Waals surface area contributed by atoms with Crippen LogP contribution in [0.4, 0.5) is 0 Å². The molecule has 8 aromatic carbocycles. The molecule has 5 heterocycles. The molecule has 8 bridgehead atoms. The lowest BCUT2D eigenvalue weighted by Gasteiger charge is -2.21. The second-order valence-corrected chi connectivity index (χ2v) is 15.0. The quantitative estimate of drug-likeness (QED) is 0.165. The zero-order chi connectivity index (χ0) is 38.1. The molecule has 0 spiro atoms. The average molecular weight is 741 g/mol. The van der Waals surface area contributed by atoms with Gasteiger partial charge in [-0.2, -0.15) is 0 Å². The monoisotopic (exact) mass is 740 g/mol. The van der Waals surface area contributed by atoms with Crippen molar-refractivity contribution >= 4 is 83.9 Å². The SMILES string of the molecule is C=CN1C2=NC(=NC3=NC(=NC4N=C(N=C5N=C1c1cc6ccccc6cc15)c1cc5ccccc5cc14)c1cc4ccccc4cc13)c1cc3ccccc3cc12. The van der Waals surface area contributed by atoms with E-state index in [1.165, 1.54) is 0 Å². The Morgan fingerprint density at radius 2 is 0.672 bits per heavy atom. The molecule has 1 atom stereocenters. The second-order valence-electron chi connectivity index (χ2n) is 15.0. The highest BCUT2D eigenvalue weighted by molar-refractivity contribution is 6.35. The van der Waals surface area contributed by atoms with Crippen molar-refractivity contribution in [2.45, 2.75) is 6.17 Å². The zero-order valence-electron chi connectivity index (χ0n) is 30.8.